The molecule has 0 fully saturated rings. The molecule has 2 aromatic carbocycles. The number of rotatable bonds is 1. The van der Waals surface area contributed by atoms with Gasteiger partial charge in [-0.05, 0) is 36.1 Å². The maximum atomic E-state index is 5.83. The molecule has 0 saturated carbocycles. The third-order valence-corrected chi connectivity index (χ3v) is 3.13. The van der Waals surface area contributed by atoms with E-state index in [2.05, 4.69) is 24.3 Å². The van der Waals surface area contributed by atoms with Crippen molar-refractivity contribution in [3.63, 3.8) is 0 Å². The molecule has 0 unspecified atom stereocenters. The van der Waals surface area contributed by atoms with Crippen molar-refractivity contribution in [3.8, 4) is 16.9 Å². The van der Waals surface area contributed by atoms with Crippen LogP contribution >= 0.6 is 0 Å². The first-order valence-corrected chi connectivity index (χ1v) is 5.95. The van der Waals surface area contributed by atoms with Gasteiger partial charge in [-0.1, -0.05) is 30.3 Å². The van der Waals surface area contributed by atoms with Crippen LogP contribution in [0, 0.1) is 0 Å². The Morgan fingerprint density at radius 3 is 2.82 bits per heavy atom. The first-order chi connectivity index (χ1) is 8.34. The second-order valence-electron chi connectivity index (χ2n) is 4.37. The summed E-state index contributed by atoms with van der Waals surface area (Å²) in [5.74, 6) is 1.03. The van der Waals surface area contributed by atoms with Crippen LogP contribution in [0.5, 0.6) is 5.75 Å². The van der Waals surface area contributed by atoms with Gasteiger partial charge in [0.1, 0.15) is 5.75 Å². The van der Waals surface area contributed by atoms with Gasteiger partial charge in [-0.15, -0.1) is 0 Å². The van der Waals surface area contributed by atoms with Crippen molar-refractivity contribution in [1.82, 2.24) is 0 Å². The van der Waals surface area contributed by atoms with E-state index in [0.717, 1.165) is 42.0 Å². The van der Waals surface area contributed by atoms with Gasteiger partial charge in [-0.3, -0.25) is 0 Å². The Kier molecular flexibility index (Phi) is 2.48. The van der Waals surface area contributed by atoms with Crippen LogP contribution in [-0.4, -0.2) is 6.61 Å². The van der Waals surface area contributed by atoms with Crippen LogP contribution in [0.25, 0.3) is 11.1 Å². The molecule has 0 bridgehead atoms. The predicted molar refractivity (Wildman–Crippen MR) is 70.1 cm³/mol. The zero-order chi connectivity index (χ0) is 11.7. The molecule has 17 heavy (non-hydrogen) atoms. The van der Waals surface area contributed by atoms with E-state index in [-0.39, 0.29) is 0 Å². The standard InChI is InChI=1S/C15H15NO/c16-13-7-1-5-12(10-13)14-8-2-4-11-6-3-9-17-15(11)14/h1-2,4-5,7-8,10H,3,6,9,16H2. The van der Waals surface area contributed by atoms with E-state index in [9.17, 15) is 0 Å². The molecular weight excluding hydrogens is 210 g/mol. The van der Waals surface area contributed by atoms with E-state index in [1.165, 1.54) is 5.56 Å². The second kappa shape index (κ2) is 4.13. The highest BCUT2D eigenvalue weighted by Gasteiger charge is 2.15. The Morgan fingerprint density at radius 2 is 1.94 bits per heavy atom. The van der Waals surface area contributed by atoms with Crippen LogP contribution in [0.3, 0.4) is 0 Å². The lowest BCUT2D eigenvalue weighted by molar-refractivity contribution is 0.289. The molecule has 0 saturated heterocycles. The van der Waals surface area contributed by atoms with Crippen LogP contribution in [0.2, 0.25) is 0 Å². The van der Waals surface area contributed by atoms with E-state index in [0.29, 0.717) is 0 Å². The Labute approximate surface area is 101 Å². The summed E-state index contributed by atoms with van der Waals surface area (Å²) in [6.07, 6.45) is 2.21. The molecule has 1 heterocycles. The van der Waals surface area contributed by atoms with Crippen molar-refractivity contribution in [2.45, 2.75) is 12.8 Å². The third-order valence-electron chi connectivity index (χ3n) is 3.13. The number of fused-ring (bicyclic) bond motifs is 1. The summed E-state index contributed by atoms with van der Waals surface area (Å²) in [7, 11) is 0. The zero-order valence-corrected chi connectivity index (χ0v) is 9.65. The Hall–Kier alpha value is -1.96. The summed E-state index contributed by atoms with van der Waals surface area (Å²) in [6.45, 7) is 0.812. The molecule has 0 aliphatic carbocycles. The van der Waals surface area contributed by atoms with Crippen molar-refractivity contribution in [2.24, 2.45) is 0 Å². The van der Waals surface area contributed by atoms with Crippen LogP contribution in [0.15, 0.2) is 42.5 Å². The molecule has 0 spiro atoms. The van der Waals surface area contributed by atoms with E-state index in [1.807, 2.05) is 18.2 Å². The van der Waals surface area contributed by atoms with Crippen LogP contribution < -0.4 is 10.5 Å². The fourth-order valence-electron chi connectivity index (χ4n) is 2.32. The number of benzene rings is 2. The Bertz CT molecular complexity index is 548. The van der Waals surface area contributed by atoms with Crippen molar-refractivity contribution in [1.29, 1.82) is 0 Å². The number of ether oxygens (including phenoxy) is 1. The highest BCUT2D eigenvalue weighted by molar-refractivity contribution is 5.74. The molecule has 0 radical (unpaired) electrons. The Balaban J connectivity index is 2.14. The van der Waals surface area contributed by atoms with Gasteiger partial charge in [0.25, 0.3) is 0 Å². The SMILES string of the molecule is Nc1cccc(-c2cccc3c2OCCC3)c1. The van der Waals surface area contributed by atoms with Crippen LogP contribution in [-0.2, 0) is 6.42 Å². The zero-order valence-electron chi connectivity index (χ0n) is 9.65. The summed E-state index contributed by atoms with van der Waals surface area (Å²) >= 11 is 0. The number of para-hydroxylation sites is 1. The minimum atomic E-state index is 0.788. The minimum Gasteiger partial charge on any atom is -0.493 e. The predicted octanol–water partition coefficient (Wildman–Crippen LogP) is 3.26. The van der Waals surface area contributed by atoms with Crippen molar-refractivity contribution in [3.05, 3.63) is 48.0 Å². The topological polar surface area (TPSA) is 35.2 Å². The fourth-order valence-corrected chi connectivity index (χ4v) is 2.32. The van der Waals surface area contributed by atoms with E-state index in [4.69, 9.17) is 10.5 Å². The number of nitrogens with two attached hydrogens (primary N) is 1. The first-order valence-electron chi connectivity index (χ1n) is 5.95. The molecule has 2 heteroatoms. The van der Waals surface area contributed by atoms with E-state index >= 15 is 0 Å². The van der Waals surface area contributed by atoms with E-state index in [1.54, 1.807) is 0 Å². The summed E-state index contributed by atoms with van der Waals surface area (Å²) in [4.78, 5) is 0. The number of nitrogen functional groups attached to an aromatic ring is 1. The van der Waals surface area contributed by atoms with Crippen molar-refractivity contribution >= 4 is 5.69 Å². The van der Waals surface area contributed by atoms with Gasteiger partial charge in [-0.2, -0.15) is 0 Å². The smallest absolute Gasteiger partial charge is 0.130 e. The molecule has 2 N–H and O–H groups in total. The average Bonchev–Trinajstić information content (AvgIpc) is 2.38. The van der Waals surface area contributed by atoms with Gasteiger partial charge in [0.05, 0.1) is 6.61 Å². The maximum Gasteiger partial charge on any atom is 0.130 e. The van der Waals surface area contributed by atoms with Gasteiger partial charge in [0.2, 0.25) is 0 Å². The average molecular weight is 225 g/mol. The number of anilines is 1. The molecule has 1 aliphatic rings. The number of hydrogen-bond donors (Lipinski definition) is 1. The van der Waals surface area contributed by atoms with E-state index < -0.39 is 0 Å². The monoisotopic (exact) mass is 225 g/mol. The third kappa shape index (κ3) is 1.86. The molecule has 0 aromatic heterocycles. The summed E-state index contributed by atoms with van der Waals surface area (Å²) < 4.78 is 5.81. The largest absolute Gasteiger partial charge is 0.493 e. The van der Waals surface area contributed by atoms with Crippen molar-refractivity contribution in [2.75, 3.05) is 12.3 Å². The fraction of sp³-hybridized carbons (Fsp3) is 0.200. The van der Waals surface area contributed by atoms with Crippen LogP contribution in [0.1, 0.15) is 12.0 Å². The highest BCUT2D eigenvalue weighted by atomic mass is 16.5. The van der Waals surface area contributed by atoms with Crippen molar-refractivity contribution < 1.29 is 4.74 Å². The number of aryl methyl sites for hydroxylation is 1. The summed E-state index contributed by atoms with van der Waals surface area (Å²) in [6, 6.07) is 14.3. The molecule has 2 aromatic rings. The molecule has 0 atom stereocenters. The molecule has 86 valence electrons. The van der Waals surface area contributed by atoms with Gasteiger partial charge in [-0.25, -0.2) is 0 Å². The summed E-state index contributed by atoms with van der Waals surface area (Å²) in [5, 5.41) is 0. The van der Waals surface area contributed by atoms with Gasteiger partial charge >= 0.3 is 0 Å². The molecule has 3 rings (SSSR count). The lowest BCUT2D eigenvalue weighted by atomic mass is 9.97. The normalized spacial score (nSPS) is 13.9. The molecule has 2 nitrogen and oxygen atoms in total. The van der Waals surface area contributed by atoms with Crippen LogP contribution in [0.4, 0.5) is 5.69 Å². The van der Waals surface area contributed by atoms with Gasteiger partial charge < -0.3 is 10.5 Å². The maximum absolute atomic E-state index is 5.83. The van der Waals surface area contributed by atoms with Gasteiger partial charge in [0.15, 0.2) is 0 Å². The Morgan fingerprint density at radius 1 is 1.06 bits per heavy atom. The highest BCUT2D eigenvalue weighted by Crippen LogP contribution is 2.36. The molecule has 0 amide bonds. The lowest BCUT2D eigenvalue weighted by Crippen LogP contribution is -2.09. The first kappa shape index (κ1) is 10.2. The lowest BCUT2D eigenvalue weighted by Gasteiger charge is -2.20. The number of hydrogen-bond acceptors (Lipinski definition) is 2. The quantitative estimate of drug-likeness (QED) is 0.756. The minimum absolute atomic E-state index is 0.788. The van der Waals surface area contributed by atoms with Gasteiger partial charge in [0, 0.05) is 11.3 Å². The second-order valence-corrected chi connectivity index (χ2v) is 4.37. The molecular formula is C15H15NO. The molecule has 1 aliphatic heterocycles. The summed E-state index contributed by atoms with van der Waals surface area (Å²) in [5.41, 5.74) is 10.2.